The zero-order valence-electron chi connectivity index (χ0n) is 15.0. The van der Waals surface area contributed by atoms with Crippen LogP contribution in [0.3, 0.4) is 0 Å². The molecule has 0 aliphatic heterocycles. The number of para-hydroxylation sites is 2. The van der Waals surface area contributed by atoms with Gasteiger partial charge in [-0.15, -0.1) is 0 Å². The van der Waals surface area contributed by atoms with Crippen molar-refractivity contribution in [1.82, 2.24) is 0 Å². The van der Waals surface area contributed by atoms with Crippen molar-refractivity contribution < 1.29 is 19.1 Å². The molecule has 2 amide bonds. The van der Waals surface area contributed by atoms with E-state index < -0.39 is 11.8 Å². The van der Waals surface area contributed by atoms with E-state index in [9.17, 15) is 14.4 Å². The van der Waals surface area contributed by atoms with Crippen LogP contribution in [0.15, 0.2) is 48.5 Å². The second-order valence-corrected chi connectivity index (χ2v) is 6.07. The van der Waals surface area contributed by atoms with E-state index in [4.69, 9.17) is 4.74 Å². The number of rotatable bonds is 7. The Hall–Kier alpha value is -3.15. The molecule has 136 valence electrons. The lowest BCUT2D eigenvalue weighted by Gasteiger charge is -2.14. The smallest absolute Gasteiger partial charge is 0.233 e. The number of hydrogen-bond donors (Lipinski definition) is 2. The molecular formula is C20H22N2O4. The minimum absolute atomic E-state index is 0.0371. The topological polar surface area (TPSA) is 84.5 Å². The number of amides is 2. The number of benzene rings is 2. The first-order valence-corrected chi connectivity index (χ1v) is 8.31. The molecule has 0 heterocycles. The molecule has 2 aromatic carbocycles. The summed E-state index contributed by atoms with van der Waals surface area (Å²) in [6.45, 7) is 5.23. The van der Waals surface area contributed by atoms with Gasteiger partial charge in [0.2, 0.25) is 11.8 Å². The van der Waals surface area contributed by atoms with Crippen molar-refractivity contribution in [2.75, 3.05) is 10.6 Å². The van der Waals surface area contributed by atoms with Crippen LogP contribution < -0.4 is 15.4 Å². The molecule has 0 saturated heterocycles. The van der Waals surface area contributed by atoms with Gasteiger partial charge in [0.1, 0.15) is 12.2 Å². The van der Waals surface area contributed by atoms with Gasteiger partial charge in [0, 0.05) is 11.3 Å². The summed E-state index contributed by atoms with van der Waals surface area (Å²) in [5.74, 6) is -0.471. The maximum Gasteiger partial charge on any atom is 0.233 e. The summed E-state index contributed by atoms with van der Waals surface area (Å²) >= 11 is 0. The third-order valence-electron chi connectivity index (χ3n) is 3.40. The summed E-state index contributed by atoms with van der Waals surface area (Å²) in [7, 11) is 0. The number of anilines is 2. The molecule has 26 heavy (non-hydrogen) atoms. The molecule has 0 atom stereocenters. The second-order valence-electron chi connectivity index (χ2n) is 6.07. The van der Waals surface area contributed by atoms with E-state index in [1.165, 1.54) is 6.92 Å². The van der Waals surface area contributed by atoms with Gasteiger partial charge in [-0.25, -0.2) is 0 Å². The molecule has 0 aromatic heterocycles. The van der Waals surface area contributed by atoms with Gasteiger partial charge in [-0.3, -0.25) is 14.4 Å². The quantitative estimate of drug-likeness (QED) is 0.587. The molecule has 2 rings (SSSR count). The molecule has 0 saturated carbocycles. The average molecular weight is 354 g/mol. The Kier molecular flexibility index (Phi) is 6.49. The van der Waals surface area contributed by atoms with E-state index in [2.05, 4.69) is 10.6 Å². The van der Waals surface area contributed by atoms with E-state index >= 15 is 0 Å². The molecule has 2 aromatic rings. The Morgan fingerprint density at radius 3 is 2.35 bits per heavy atom. The highest BCUT2D eigenvalue weighted by atomic mass is 16.5. The predicted molar refractivity (Wildman–Crippen MR) is 101 cm³/mol. The second kappa shape index (κ2) is 8.80. The molecule has 0 aliphatic rings. The van der Waals surface area contributed by atoms with Crippen molar-refractivity contribution in [3.05, 3.63) is 54.1 Å². The van der Waals surface area contributed by atoms with Crippen LogP contribution in [0, 0.1) is 0 Å². The van der Waals surface area contributed by atoms with Gasteiger partial charge in [0.25, 0.3) is 0 Å². The van der Waals surface area contributed by atoms with Crippen molar-refractivity contribution in [3.8, 4) is 5.75 Å². The number of ether oxygens (including phenoxy) is 1. The Labute approximate surface area is 152 Å². The van der Waals surface area contributed by atoms with Crippen molar-refractivity contribution >= 4 is 29.0 Å². The zero-order chi connectivity index (χ0) is 19.1. The highest BCUT2D eigenvalue weighted by molar-refractivity contribution is 6.08. The predicted octanol–water partition coefficient (Wildman–Crippen LogP) is 3.64. The summed E-state index contributed by atoms with van der Waals surface area (Å²) in [5.41, 5.74) is 1.48. The van der Waals surface area contributed by atoms with Gasteiger partial charge in [-0.05, 0) is 45.0 Å². The van der Waals surface area contributed by atoms with Crippen LogP contribution in [0.2, 0.25) is 0 Å². The lowest BCUT2D eigenvalue weighted by atomic mass is 10.1. The highest BCUT2D eigenvalue weighted by Crippen LogP contribution is 2.25. The van der Waals surface area contributed by atoms with E-state index in [1.807, 2.05) is 19.9 Å². The molecule has 0 fully saturated rings. The first kappa shape index (κ1) is 19.2. The van der Waals surface area contributed by atoms with Crippen LogP contribution in [-0.4, -0.2) is 23.7 Å². The van der Waals surface area contributed by atoms with Crippen LogP contribution in [0.5, 0.6) is 5.75 Å². The molecule has 0 spiro atoms. The Bertz CT molecular complexity index is 815. The van der Waals surface area contributed by atoms with Crippen molar-refractivity contribution in [3.63, 3.8) is 0 Å². The third-order valence-corrected chi connectivity index (χ3v) is 3.40. The standard InChI is InChI=1S/C20H22N2O4/c1-13(2)26-18-10-5-4-9-17(18)22-20(25)12-19(24)21-16-8-6-7-15(11-16)14(3)23/h4-11,13H,12H2,1-3H3,(H,21,24)(H,22,25). The minimum Gasteiger partial charge on any atom is -0.489 e. The Morgan fingerprint density at radius 1 is 0.962 bits per heavy atom. The number of carbonyl (C=O) groups is 3. The van der Waals surface area contributed by atoms with E-state index in [1.54, 1.807) is 42.5 Å². The normalized spacial score (nSPS) is 10.3. The van der Waals surface area contributed by atoms with Crippen LogP contribution in [0.1, 0.15) is 37.6 Å². The number of hydrogen-bond acceptors (Lipinski definition) is 4. The van der Waals surface area contributed by atoms with Crippen molar-refractivity contribution in [2.24, 2.45) is 0 Å². The van der Waals surface area contributed by atoms with E-state index in [0.717, 1.165) is 0 Å². The molecule has 0 bridgehead atoms. The van der Waals surface area contributed by atoms with Crippen molar-refractivity contribution in [2.45, 2.75) is 33.3 Å². The van der Waals surface area contributed by atoms with Crippen LogP contribution in [0.25, 0.3) is 0 Å². The lowest BCUT2D eigenvalue weighted by Crippen LogP contribution is -2.22. The van der Waals surface area contributed by atoms with Crippen LogP contribution >= 0.6 is 0 Å². The fourth-order valence-electron chi connectivity index (χ4n) is 2.29. The molecular weight excluding hydrogens is 332 g/mol. The maximum atomic E-state index is 12.1. The molecule has 0 aliphatic carbocycles. The monoisotopic (exact) mass is 354 g/mol. The molecule has 0 radical (unpaired) electrons. The number of carbonyl (C=O) groups excluding carboxylic acids is 3. The summed E-state index contributed by atoms with van der Waals surface area (Å²) < 4.78 is 5.64. The summed E-state index contributed by atoms with van der Waals surface area (Å²) in [6.07, 6.45) is -0.384. The number of Topliss-reactive ketones (excluding diaryl/α,β-unsaturated/α-hetero) is 1. The highest BCUT2D eigenvalue weighted by Gasteiger charge is 2.13. The van der Waals surface area contributed by atoms with Crippen LogP contribution in [-0.2, 0) is 9.59 Å². The van der Waals surface area contributed by atoms with Gasteiger partial charge in [0.05, 0.1) is 11.8 Å². The van der Waals surface area contributed by atoms with E-state index in [-0.39, 0.29) is 18.3 Å². The molecule has 6 heteroatoms. The lowest BCUT2D eigenvalue weighted by molar-refractivity contribution is -0.123. The van der Waals surface area contributed by atoms with Gasteiger partial charge in [-0.1, -0.05) is 24.3 Å². The zero-order valence-corrected chi connectivity index (χ0v) is 15.0. The first-order valence-electron chi connectivity index (χ1n) is 8.31. The SMILES string of the molecule is CC(=O)c1cccc(NC(=O)CC(=O)Nc2ccccc2OC(C)C)c1. The minimum atomic E-state index is -0.467. The average Bonchev–Trinajstić information content (AvgIpc) is 2.56. The Balaban J connectivity index is 1.97. The van der Waals surface area contributed by atoms with Gasteiger partial charge in [0.15, 0.2) is 5.78 Å². The van der Waals surface area contributed by atoms with Crippen molar-refractivity contribution in [1.29, 1.82) is 0 Å². The summed E-state index contributed by atoms with van der Waals surface area (Å²) in [5, 5.41) is 5.30. The fraction of sp³-hybridized carbons (Fsp3) is 0.250. The third kappa shape index (κ3) is 5.73. The fourth-order valence-corrected chi connectivity index (χ4v) is 2.29. The van der Waals surface area contributed by atoms with E-state index in [0.29, 0.717) is 22.7 Å². The number of ketones is 1. The van der Waals surface area contributed by atoms with Crippen LogP contribution in [0.4, 0.5) is 11.4 Å². The largest absolute Gasteiger partial charge is 0.489 e. The number of nitrogens with one attached hydrogen (secondary N) is 2. The maximum absolute atomic E-state index is 12.1. The summed E-state index contributed by atoms with van der Waals surface area (Å²) in [6, 6.07) is 13.6. The van der Waals surface area contributed by atoms with Gasteiger partial charge >= 0.3 is 0 Å². The summed E-state index contributed by atoms with van der Waals surface area (Å²) in [4.78, 5) is 35.6. The Morgan fingerprint density at radius 2 is 1.65 bits per heavy atom. The van der Waals surface area contributed by atoms with Gasteiger partial charge < -0.3 is 15.4 Å². The molecule has 0 unspecified atom stereocenters. The first-order chi connectivity index (χ1) is 12.3. The van der Waals surface area contributed by atoms with Gasteiger partial charge in [-0.2, -0.15) is 0 Å². The molecule has 2 N–H and O–H groups in total. The molecule has 6 nitrogen and oxygen atoms in total.